The van der Waals surface area contributed by atoms with E-state index in [1.807, 2.05) is 18.2 Å². The molecule has 0 aliphatic carbocycles. The Hall–Kier alpha value is -1.62. The Bertz CT molecular complexity index is 421. The summed E-state index contributed by atoms with van der Waals surface area (Å²) in [6.07, 6.45) is 3.07. The van der Waals surface area contributed by atoms with Crippen LogP contribution in [0.2, 0.25) is 0 Å². The summed E-state index contributed by atoms with van der Waals surface area (Å²) in [6.45, 7) is 1.30. The second kappa shape index (κ2) is 5.82. The fourth-order valence-electron chi connectivity index (χ4n) is 2.39. The van der Waals surface area contributed by atoms with Crippen molar-refractivity contribution in [2.24, 2.45) is 5.73 Å². The van der Waals surface area contributed by atoms with Crippen molar-refractivity contribution in [2.45, 2.75) is 31.8 Å². The Kier molecular flexibility index (Phi) is 4.15. The lowest BCUT2D eigenvalue weighted by Crippen LogP contribution is -2.49. The van der Waals surface area contributed by atoms with Crippen molar-refractivity contribution in [3.05, 3.63) is 23.9 Å². The third-order valence-corrected chi connectivity index (χ3v) is 3.35. The molecule has 0 spiro atoms. The first kappa shape index (κ1) is 12.8. The third kappa shape index (κ3) is 2.61. The molecule has 1 aliphatic heterocycles. The average Bonchev–Trinajstić information content (AvgIpc) is 2.46. The molecule has 1 unspecified atom stereocenters. The topological polar surface area (TPSA) is 71.2 Å². The number of nitrogens with zero attached hydrogens (tertiary/aromatic N) is 2. The van der Waals surface area contributed by atoms with Gasteiger partial charge in [0.1, 0.15) is 11.9 Å². The lowest BCUT2D eigenvalue weighted by atomic mass is 10.0. The molecule has 18 heavy (non-hydrogen) atoms. The molecule has 2 rings (SSSR count). The van der Waals surface area contributed by atoms with Crippen molar-refractivity contribution in [2.75, 3.05) is 18.5 Å². The summed E-state index contributed by atoms with van der Waals surface area (Å²) < 4.78 is 0. The first-order valence-electron chi connectivity index (χ1n) is 6.40. The number of carbonyl (C=O) groups excluding carboxylic acids is 1. The average molecular weight is 248 g/mol. The summed E-state index contributed by atoms with van der Waals surface area (Å²) in [4.78, 5) is 18.5. The molecule has 1 aromatic rings. The van der Waals surface area contributed by atoms with Crippen LogP contribution in [0.5, 0.6) is 0 Å². The van der Waals surface area contributed by atoms with Gasteiger partial charge in [0, 0.05) is 20.1 Å². The van der Waals surface area contributed by atoms with Gasteiger partial charge in [0.15, 0.2) is 0 Å². The van der Waals surface area contributed by atoms with Crippen molar-refractivity contribution >= 4 is 11.7 Å². The molecule has 98 valence electrons. The van der Waals surface area contributed by atoms with Crippen LogP contribution < -0.4 is 16.0 Å². The molecule has 0 radical (unpaired) electrons. The second-order valence-electron chi connectivity index (χ2n) is 4.51. The van der Waals surface area contributed by atoms with Crippen molar-refractivity contribution in [1.29, 1.82) is 0 Å². The molecular formula is C13H20N4O. The van der Waals surface area contributed by atoms with E-state index >= 15 is 0 Å². The van der Waals surface area contributed by atoms with E-state index in [2.05, 4.69) is 15.2 Å². The summed E-state index contributed by atoms with van der Waals surface area (Å²) in [5, 5.41) is 2.73. The van der Waals surface area contributed by atoms with E-state index in [-0.39, 0.29) is 11.9 Å². The number of aromatic nitrogens is 1. The first-order chi connectivity index (χ1) is 8.76. The fraction of sp³-hybridized carbons (Fsp3) is 0.538. The number of amides is 1. The number of hydrogen-bond donors (Lipinski definition) is 2. The van der Waals surface area contributed by atoms with Gasteiger partial charge in [-0.2, -0.15) is 0 Å². The van der Waals surface area contributed by atoms with Crippen LogP contribution in [0, 0.1) is 0 Å². The lowest BCUT2D eigenvalue weighted by Gasteiger charge is -2.35. The SMILES string of the molecule is CNC(=O)C1CCCCN1c1cccc(CN)n1. The number of likely N-dealkylation sites (N-methyl/N-ethyl adjacent to an activating group) is 1. The first-order valence-corrected chi connectivity index (χ1v) is 6.40. The highest BCUT2D eigenvalue weighted by Gasteiger charge is 2.28. The minimum absolute atomic E-state index is 0.0645. The van der Waals surface area contributed by atoms with Crippen molar-refractivity contribution < 1.29 is 4.79 Å². The molecule has 0 aromatic carbocycles. The maximum absolute atomic E-state index is 11.9. The molecule has 5 nitrogen and oxygen atoms in total. The molecule has 0 bridgehead atoms. The van der Waals surface area contributed by atoms with Crippen LogP contribution in [-0.2, 0) is 11.3 Å². The van der Waals surface area contributed by atoms with Gasteiger partial charge in [-0.25, -0.2) is 4.98 Å². The van der Waals surface area contributed by atoms with Crippen molar-refractivity contribution in [3.8, 4) is 0 Å². The minimum Gasteiger partial charge on any atom is -0.357 e. The van der Waals surface area contributed by atoms with E-state index in [0.29, 0.717) is 6.54 Å². The normalized spacial score (nSPS) is 19.7. The maximum atomic E-state index is 11.9. The predicted octanol–water partition coefficient (Wildman–Crippen LogP) is 0.645. The highest BCUT2D eigenvalue weighted by Crippen LogP contribution is 2.23. The van der Waals surface area contributed by atoms with Crippen LogP contribution in [0.15, 0.2) is 18.2 Å². The van der Waals surface area contributed by atoms with Gasteiger partial charge < -0.3 is 16.0 Å². The van der Waals surface area contributed by atoms with Crippen LogP contribution in [-0.4, -0.2) is 30.5 Å². The van der Waals surface area contributed by atoms with Crippen molar-refractivity contribution in [1.82, 2.24) is 10.3 Å². The highest BCUT2D eigenvalue weighted by atomic mass is 16.2. The van der Waals surface area contributed by atoms with Crippen LogP contribution in [0.25, 0.3) is 0 Å². The van der Waals surface area contributed by atoms with Gasteiger partial charge in [-0.05, 0) is 31.4 Å². The lowest BCUT2D eigenvalue weighted by molar-refractivity contribution is -0.122. The number of pyridine rings is 1. The number of carbonyl (C=O) groups is 1. The molecule has 1 saturated heterocycles. The molecule has 1 atom stereocenters. The zero-order valence-corrected chi connectivity index (χ0v) is 10.7. The summed E-state index contributed by atoms with van der Waals surface area (Å²) >= 11 is 0. The molecule has 1 aromatic heterocycles. The Morgan fingerprint density at radius 1 is 1.56 bits per heavy atom. The summed E-state index contributed by atoms with van der Waals surface area (Å²) in [5.74, 6) is 0.918. The quantitative estimate of drug-likeness (QED) is 0.823. The number of nitrogens with one attached hydrogen (secondary N) is 1. The number of rotatable bonds is 3. The van der Waals surface area contributed by atoms with E-state index in [4.69, 9.17) is 5.73 Å². The monoisotopic (exact) mass is 248 g/mol. The third-order valence-electron chi connectivity index (χ3n) is 3.35. The summed E-state index contributed by atoms with van der Waals surface area (Å²) in [6, 6.07) is 5.69. The smallest absolute Gasteiger partial charge is 0.242 e. The number of nitrogens with two attached hydrogens (primary N) is 1. The second-order valence-corrected chi connectivity index (χ2v) is 4.51. The molecule has 1 aliphatic rings. The number of anilines is 1. The van der Waals surface area contributed by atoms with Gasteiger partial charge in [-0.15, -0.1) is 0 Å². The standard InChI is InChI=1S/C13H20N4O/c1-15-13(18)11-6-2-3-8-17(11)12-7-4-5-10(9-14)16-12/h4-5,7,11H,2-3,6,8-9,14H2,1H3,(H,15,18). The largest absolute Gasteiger partial charge is 0.357 e. The molecule has 5 heteroatoms. The maximum Gasteiger partial charge on any atom is 0.242 e. The van der Waals surface area contributed by atoms with Crippen molar-refractivity contribution in [3.63, 3.8) is 0 Å². The number of piperidine rings is 1. The molecule has 2 heterocycles. The van der Waals surface area contributed by atoms with Crippen LogP contribution in [0.1, 0.15) is 25.0 Å². The van der Waals surface area contributed by atoms with Crippen LogP contribution in [0.3, 0.4) is 0 Å². The van der Waals surface area contributed by atoms with Crippen LogP contribution >= 0.6 is 0 Å². The molecular weight excluding hydrogens is 228 g/mol. The zero-order valence-electron chi connectivity index (χ0n) is 10.7. The van der Waals surface area contributed by atoms with E-state index in [1.54, 1.807) is 7.05 Å². The summed E-state index contributed by atoms with van der Waals surface area (Å²) in [7, 11) is 1.68. The van der Waals surface area contributed by atoms with Gasteiger partial charge in [-0.1, -0.05) is 6.07 Å². The molecule has 3 N–H and O–H groups in total. The predicted molar refractivity (Wildman–Crippen MR) is 71.2 cm³/mol. The molecule has 1 fully saturated rings. The number of hydrogen-bond acceptors (Lipinski definition) is 4. The molecule has 1 amide bonds. The van der Waals surface area contributed by atoms with Gasteiger partial charge in [0.2, 0.25) is 5.91 Å². The van der Waals surface area contributed by atoms with E-state index in [1.165, 1.54) is 0 Å². The van der Waals surface area contributed by atoms with Gasteiger partial charge in [0.05, 0.1) is 5.69 Å². The van der Waals surface area contributed by atoms with Gasteiger partial charge >= 0.3 is 0 Å². The van der Waals surface area contributed by atoms with Gasteiger partial charge in [-0.3, -0.25) is 4.79 Å². The summed E-state index contributed by atoms with van der Waals surface area (Å²) in [5.41, 5.74) is 6.46. The fourth-order valence-corrected chi connectivity index (χ4v) is 2.39. The zero-order chi connectivity index (χ0) is 13.0. The van der Waals surface area contributed by atoms with E-state index in [0.717, 1.165) is 37.3 Å². The Balaban J connectivity index is 2.24. The van der Waals surface area contributed by atoms with E-state index in [9.17, 15) is 4.79 Å². The Labute approximate surface area is 107 Å². The Morgan fingerprint density at radius 2 is 2.39 bits per heavy atom. The Morgan fingerprint density at radius 3 is 3.11 bits per heavy atom. The van der Waals surface area contributed by atoms with Gasteiger partial charge in [0.25, 0.3) is 0 Å². The highest BCUT2D eigenvalue weighted by molar-refractivity contribution is 5.84. The molecule has 0 saturated carbocycles. The van der Waals surface area contributed by atoms with E-state index < -0.39 is 0 Å². The van der Waals surface area contributed by atoms with Crippen LogP contribution in [0.4, 0.5) is 5.82 Å². The minimum atomic E-state index is -0.107.